The van der Waals surface area contributed by atoms with Crippen LogP contribution in [-0.2, 0) is 0 Å². The molecule has 126 valence electrons. The van der Waals surface area contributed by atoms with E-state index in [1.807, 2.05) is 24.3 Å². The molecule has 0 saturated carbocycles. The van der Waals surface area contributed by atoms with E-state index in [-0.39, 0.29) is 22.9 Å². The molecule has 3 aromatic carbocycles. The standard InChI is InChI=1S/C22H8N6/c1-23-19-20(24-2)28-22-21(27-19)25-17-14-9-5-7-12-10-11-6-3-4-8-13(11)16(15(12)14)18(17)26-22/h3-10H. The van der Waals surface area contributed by atoms with Gasteiger partial charge in [-0.05, 0) is 22.2 Å². The Kier molecular flexibility index (Phi) is 2.66. The minimum absolute atomic E-state index is 0.0454. The van der Waals surface area contributed by atoms with E-state index in [4.69, 9.17) is 23.1 Å². The zero-order valence-electron chi connectivity index (χ0n) is 14.3. The first kappa shape index (κ1) is 14.7. The van der Waals surface area contributed by atoms with E-state index in [1.165, 1.54) is 0 Å². The molecule has 0 saturated heterocycles. The lowest BCUT2D eigenvalue weighted by molar-refractivity contribution is 1.19. The van der Waals surface area contributed by atoms with Gasteiger partial charge in [0.25, 0.3) is 11.6 Å². The van der Waals surface area contributed by atoms with Gasteiger partial charge in [0.15, 0.2) is 0 Å². The summed E-state index contributed by atoms with van der Waals surface area (Å²) in [6.45, 7) is 14.5. The van der Waals surface area contributed by atoms with Crippen LogP contribution in [0.2, 0.25) is 0 Å². The summed E-state index contributed by atoms with van der Waals surface area (Å²) in [4.78, 5) is 24.5. The van der Waals surface area contributed by atoms with Gasteiger partial charge in [0.2, 0.25) is 0 Å². The SMILES string of the molecule is [C-]#[N+]c1nc2nc3c(nc2nc1[N+]#[C-])-c1c2ccccc2cc2cccc-3c12. The number of fused-ring (bicyclic) bond motifs is 6. The highest BCUT2D eigenvalue weighted by molar-refractivity contribution is 6.22. The second-order valence-corrected chi connectivity index (χ2v) is 6.54. The summed E-state index contributed by atoms with van der Waals surface area (Å²) in [5.74, 6) is -0.0914. The minimum Gasteiger partial charge on any atom is -0.370 e. The maximum atomic E-state index is 7.25. The summed E-state index contributed by atoms with van der Waals surface area (Å²) in [5, 5.41) is 4.47. The van der Waals surface area contributed by atoms with E-state index in [0.717, 1.165) is 44.1 Å². The predicted octanol–water partition coefficient (Wildman–Crippen LogP) is 5.48. The number of hydrogen-bond donors (Lipinski definition) is 0. The molecule has 0 unspecified atom stereocenters. The highest BCUT2D eigenvalue weighted by Gasteiger charge is 2.29. The Bertz CT molecular complexity index is 1590. The lowest BCUT2D eigenvalue weighted by atomic mass is 9.97. The van der Waals surface area contributed by atoms with Crippen LogP contribution in [0.4, 0.5) is 11.6 Å². The molecular weight excluding hydrogens is 348 g/mol. The van der Waals surface area contributed by atoms with E-state index < -0.39 is 0 Å². The van der Waals surface area contributed by atoms with E-state index in [9.17, 15) is 0 Å². The van der Waals surface area contributed by atoms with Crippen LogP contribution in [0.3, 0.4) is 0 Å². The van der Waals surface area contributed by atoms with Gasteiger partial charge in [0, 0.05) is 16.5 Å². The van der Waals surface area contributed by atoms with Gasteiger partial charge in [0.1, 0.15) is 11.4 Å². The molecule has 28 heavy (non-hydrogen) atoms. The summed E-state index contributed by atoms with van der Waals surface area (Å²) in [7, 11) is 0. The monoisotopic (exact) mass is 356 g/mol. The summed E-state index contributed by atoms with van der Waals surface area (Å²) in [6.07, 6.45) is 0. The van der Waals surface area contributed by atoms with Gasteiger partial charge >= 0.3 is 11.3 Å². The normalized spacial score (nSPS) is 11.5. The van der Waals surface area contributed by atoms with Gasteiger partial charge in [-0.25, -0.2) is 0 Å². The Hall–Kier alpha value is -4.42. The molecule has 2 heterocycles. The highest BCUT2D eigenvalue weighted by atomic mass is 15.1. The van der Waals surface area contributed by atoms with Gasteiger partial charge < -0.3 is 9.69 Å². The quantitative estimate of drug-likeness (QED) is 0.267. The van der Waals surface area contributed by atoms with Crippen LogP contribution in [0.1, 0.15) is 0 Å². The van der Waals surface area contributed by atoms with E-state index in [2.05, 4.69) is 43.9 Å². The first-order valence-electron chi connectivity index (χ1n) is 8.58. The molecule has 2 aromatic heterocycles. The minimum atomic E-state index is -0.0460. The number of benzene rings is 3. The molecule has 0 radical (unpaired) electrons. The Morgan fingerprint density at radius 3 is 2.11 bits per heavy atom. The van der Waals surface area contributed by atoms with E-state index in [1.54, 1.807) is 0 Å². The molecular formula is C22H8N6. The summed E-state index contributed by atoms with van der Waals surface area (Å²) in [6, 6.07) is 16.5. The van der Waals surface area contributed by atoms with Gasteiger partial charge in [0.05, 0.1) is 0 Å². The maximum absolute atomic E-state index is 7.25. The molecule has 0 amide bonds. The third-order valence-corrected chi connectivity index (χ3v) is 5.07. The average molecular weight is 356 g/mol. The lowest BCUT2D eigenvalue weighted by Crippen LogP contribution is -1.95. The van der Waals surface area contributed by atoms with Crippen molar-refractivity contribution in [3.05, 3.63) is 71.4 Å². The zero-order chi connectivity index (χ0) is 18.8. The number of nitrogens with zero attached hydrogens (tertiary/aromatic N) is 6. The van der Waals surface area contributed by atoms with Gasteiger partial charge in [-0.3, -0.25) is 0 Å². The summed E-state index contributed by atoms with van der Waals surface area (Å²) in [5.41, 5.74) is 4.09. The van der Waals surface area contributed by atoms with Crippen molar-refractivity contribution in [3.63, 3.8) is 0 Å². The molecule has 0 fully saturated rings. The van der Waals surface area contributed by atoms with Crippen LogP contribution in [0.25, 0.3) is 65.0 Å². The highest BCUT2D eigenvalue weighted by Crippen LogP contribution is 2.49. The van der Waals surface area contributed by atoms with Gasteiger partial charge in [-0.1, -0.05) is 55.6 Å². The first-order chi connectivity index (χ1) is 13.8. The Morgan fingerprint density at radius 2 is 1.36 bits per heavy atom. The molecule has 0 N–H and O–H groups in total. The van der Waals surface area contributed by atoms with Gasteiger partial charge in [-0.2, -0.15) is 9.97 Å². The second kappa shape index (κ2) is 5.06. The predicted molar refractivity (Wildman–Crippen MR) is 107 cm³/mol. The Morgan fingerprint density at radius 1 is 0.679 bits per heavy atom. The molecule has 6 rings (SSSR count). The molecule has 1 aliphatic carbocycles. The molecule has 0 spiro atoms. The van der Waals surface area contributed by atoms with Crippen LogP contribution >= 0.6 is 0 Å². The van der Waals surface area contributed by atoms with Crippen molar-refractivity contribution < 1.29 is 0 Å². The molecule has 6 heteroatoms. The molecule has 0 bridgehead atoms. The van der Waals surface area contributed by atoms with Gasteiger partial charge in [-0.15, -0.1) is 9.97 Å². The Balaban J connectivity index is 1.82. The van der Waals surface area contributed by atoms with Crippen molar-refractivity contribution >= 4 is 44.5 Å². The largest absolute Gasteiger partial charge is 0.370 e. The molecule has 1 aliphatic rings. The zero-order valence-corrected chi connectivity index (χ0v) is 14.3. The topological polar surface area (TPSA) is 60.3 Å². The van der Waals surface area contributed by atoms with Crippen LogP contribution in [0.5, 0.6) is 0 Å². The lowest BCUT2D eigenvalue weighted by Gasteiger charge is -2.06. The van der Waals surface area contributed by atoms with Crippen molar-refractivity contribution in [1.29, 1.82) is 0 Å². The smallest absolute Gasteiger partial charge is 0.316 e. The van der Waals surface area contributed by atoms with Crippen LogP contribution in [0.15, 0.2) is 48.5 Å². The maximum Gasteiger partial charge on any atom is 0.316 e. The van der Waals surface area contributed by atoms with Crippen LogP contribution in [0, 0.1) is 13.1 Å². The van der Waals surface area contributed by atoms with Crippen molar-refractivity contribution in [3.8, 4) is 22.5 Å². The fraction of sp³-hybridized carbons (Fsp3) is 0. The van der Waals surface area contributed by atoms with Crippen molar-refractivity contribution in [2.75, 3.05) is 0 Å². The first-order valence-corrected chi connectivity index (χ1v) is 8.58. The molecule has 0 atom stereocenters. The molecule has 6 nitrogen and oxygen atoms in total. The Labute approximate surface area is 158 Å². The number of aromatic nitrogens is 4. The fourth-order valence-electron chi connectivity index (χ4n) is 3.95. The second-order valence-electron chi connectivity index (χ2n) is 6.54. The van der Waals surface area contributed by atoms with Crippen LogP contribution in [-0.4, -0.2) is 19.9 Å². The summed E-state index contributed by atoms with van der Waals surface area (Å²) < 4.78 is 0. The number of rotatable bonds is 0. The fourth-order valence-corrected chi connectivity index (χ4v) is 3.95. The third kappa shape index (κ3) is 1.74. The van der Waals surface area contributed by atoms with E-state index in [0.29, 0.717) is 0 Å². The molecule has 5 aromatic rings. The average Bonchev–Trinajstić information content (AvgIpc) is 3.06. The summed E-state index contributed by atoms with van der Waals surface area (Å²) >= 11 is 0. The number of hydrogen-bond acceptors (Lipinski definition) is 4. The third-order valence-electron chi connectivity index (χ3n) is 5.07. The molecule has 0 aliphatic heterocycles. The van der Waals surface area contributed by atoms with E-state index >= 15 is 0 Å². The van der Waals surface area contributed by atoms with Crippen LogP contribution < -0.4 is 0 Å². The van der Waals surface area contributed by atoms with Crippen molar-refractivity contribution in [1.82, 2.24) is 19.9 Å². The van der Waals surface area contributed by atoms with Crippen molar-refractivity contribution in [2.45, 2.75) is 0 Å². The van der Waals surface area contributed by atoms with Crippen molar-refractivity contribution in [2.24, 2.45) is 0 Å².